The zero-order valence-electron chi connectivity index (χ0n) is 14.4. The van der Waals surface area contributed by atoms with Crippen LogP contribution < -0.4 is 5.73 Å². The van der Waals surface area contributed by atoms with Crippen molar-refractivity contribution in [3.05, 3.63) is 12.2 Å². The molecule has 0 aliphatic carbocycles. The monoisotopic (exact) mass is 297 g/mol. The van der Waals surface area contributed by atoms with Crippen molar-refractivity contribution >= 4 is 0 Å². The molecule has 0 aliphatic rings. The molecule has 2 nitrogen and oxygen atoms in total. The molecule has 126 valence electrons. The molecule has 1 unspecified atom stereocenters. The molecule has 0 aromatic rings. The van der Waals surface area contributed by atoms with Crippen molar-refractivity contribution in [2.75, 3.05) is 6.54 Å². The summed E-state index contributed by atoms with van der Waals surface area (Å²) in [6, 6.07) is 0. The fourth-order valence-electron chi connectivity index (χ4n) is 2.59. The first-order chi connectivity index (χ1) is 10.3. The van der Waals surface area contributed by atoms with Crippen molar-refractivity contribution in [1.82, 2.24) is 0 Å². The molecule has 3 N–H and O–H groups in total. The zero-order valence-corrected chi connectivity index (χ0v) is 14.4. The molecule has 0 radical (unpaired) electrons. The maximum atomic E-state index is 9.80. The number of hydrogen-bond acceptors (Lipinski definition) is 2. The van der Waals surface area contributed by atoms with Crippen molar-refractivity contribution in [2.45, 2.75) is 103 Å². The Balaban J connectivity index is 3.18. The van der Waals surface area contributed by atoms with Crippen LogP contribution in [-0.2, 0) is 0 Å². The smallest absolute Gasteiger partial charge is 0.0543 e. The summed E-state index contributed by atoms with van der Waals surface area (Å²) in [5, 5.41) is 9.80. The van der Waals surface area contributed by atoms with Crippen molar-refractivity contribution in [3.63, 3.8) is 0 Å². The normalized spacial score (nSPS) is 13.1. The topological polar surface area (TPSA) is 46.2 Å². The van der Waals surface area contributed by atoms with Crippen molar-refractivity contribution in [3.8, 4) is 0 Å². The highest BCUT2D eigenvalue weighted by Gasteiger charge is 2.01. The van der Waals surface area contributed by atoms with Gasteiger partial charge in [-0.2, -0.15) is 0 Å². The fraction of sp³-hybridized carbons (Fsp3) is 0.895. The van der Waals surface area contributed by atoms with Gasteiger partial charge in [-0.05, 0) is 45.1 Å². The molecule has 0 aromatic heterocycles. The van der Waals surface area contributed by atoms with Gasteiger partial charge in [-0.25, -0.2) is 0 Å². The average Bonchev–Trinajstić information content (AvgIpc) is 2.48. The summed E-state index contributed by atoms with van der Waals surface area (Å²) in [5.41, 5.74) is 5.47. The lowest BCUT2D eigenvalue weighted by atomic mass is 10.1. The van der Waals surface area contributed by atoms with Crippen LogP contribution in [0.5, 0.6) is 0 Å². The first-order valence-electron chi connectivity index (χ1n) is 9.34. The van der Waals surface area contributed by atoms with Gasteiger partial charge in [0, 0.05) is 0 Å². The Bertz CT molecular complexity index is 216. The zero-order chi connectivity index (χ0) is 15.6. The Labute approximate surface area is 133 Å². The second-order valence-corrected chi connectivity index (χ2v) is 6.25. The van der Waals surface area contributed by atoms with Gasteiger partial charge in [0.15, 0.2) is 0 Å². The van der Waals surface area contributed by atoms with E-state index >= 15 is 0 Å². The number of unbranched alkanes of at least 4 members (excludes halogenated alkanes) is 9. The summed E-state index contributed by atoms with van der Waals surface area (Å²) in [5.74, 6) is 0. The SMILES string of the molecule is CCCCCC(O)CC/C=C/CCCCCCCCCN. The van der Waals surface area contributed by atoms with E-state index in [-0.39, 0.29) is 6.10 Å². The molecule has 0 saturated heterocycles. The van der Waals surface area contributed by atoms with E-state index in [1.165, 1.54) is 70.6 Å². The molecule has 0 bridgehead atoms. The summed E-state index contributed by atoms with van der Waals surface area (Å²) in [4.78, 5) is 0. The quantitative estimate of drug-likeness (QED) is 0.298. The summed E-state index contributed by atoms with van der Waals surface area (Å²) in [6.45, 7) is 3.05. The van der Waals surface area contributed by atoms with E-state index in [1.54, 1.807) is 0 Å². The van der Waals surface area contributed by atoms with Gasteiger partial charge >= 0.3 is 0 Å². The van der Waals surface area contributed by atoms with Gasteiger partial charge in [0.1, 0.15) is 0 Å². The highest BCUT2D eigenvalue weighted by atomic mass is 16.3. The molecule has 0 heterocycles. The van der Waals surface area contributed by atoms with Crippen LogP contribution in [0.4, 0.5) is 0 Å². The van der Waals surface area contributed by atoms with E-state index in [4.69, 9.17) is 5.73 Å². The average molecular weight is 298 g/mol. The third kappa shape index (κ3) is 17.6. The van der Waals surface area contributed by atoms with E-state index in [2.05, 4.69) is 19.1 Å². The van der Waals surface area contributed by atoms with Gasteiger partial charge in [0.05, 0.1) is 6.10 Å². The Kier molecular flexibility index (Phi) is 17.4. The molecule has 0 spiro atoms. The number of aliphatic hydroxyl groups is 1. The van der Waals surface area contributed by atoms with Gasteiger partial charge in [-0.1, -0.05) is 70.4 Å². The lowest BCUT2D eigenvalue weighted by molar-refractivity contribution is 0.152. The lowest BCUT2D eigenvalue weighted by Crippen LogP contribution is -2.05. The van der Waals surface area contributed by atoms with E-state index in [0.717, 1.165) is 25.8 Å². The van der Waals surface area contributed by atoms with Gasteiger partial charge in [-0.3, -0.25) is 0 Å². The van der Waals surface area contributed by atoms with E-state index < -0.39 is 0 Å². The second-order valence-electron chi connectivity index (χ2n) is 6.25. The minimum atomic E-state index is -0.0882. The molecule has 0 saturated carbocycles. The minimum absolute atomic E-state index is 0.0882. The molecule has 0 rings (SSSR count). The first kappa shape index (κ1) is 20.7. The number of allylic oxidation sites excluding steroid dienone is 2. The van der Waals surface area contributed by atoms with Crippen LogP contribution in [-0.4, -0.2) is 17.8 Å². The predicted molar refractivity (Wildman–Crippen MR) is 94.5 cm³/mol. The number of nitrogens with two attached hydrogens (primary N) is 1. The molecular weight excluding hydrogens is 258 g/mol. The molecule has 0 aliphatic heterocycles. The first-order valence-corrected chi connectivity index (χ1v) is 9.34. The van der Waals surface area contributed by atoms with Gasteiger partial charge < -0.3 is 10.8 Å². The molecule has 0 amide bonds. The van der Waals surface area contributed by atoms with Crippen LogP contribution in [0.1, 0.15) is 96.8 Å². The molecule has 0 fully saturated rings. The summed E-state index contributed by atoms with van der Waals surface area (Å²) in [7, 11) is 0. The van der Waals surface area contributed by atoms with Gasteiger partial charge in [0.2, 0.25) is 0 Å². The maximum absolute atomic E-state index is 9.80. The van der Waals surface area contributed by atoms with Gasteiger partial charge in [-0.15, -0.1) is 0 Å². The van der Waals surface area contributed by atoms with Crippen molar-refractivity contribution in [2.24, 2.45) is 5.73 Å². The van der Waals surface area contributed by atoms with E-state index in [0.29, 0.717) is 0 Å². The Hall–Kier alpha value is -0.340. The minimum Gasteiger partial charge on any atom is -0.393 e. The highest BCUT2D eigenvalue weighted by Crippen LogP contribution is 2.10. The Morgan fingerprint density at radius 3 is 2.05 bits per heavy atom. The second kappa shape index (κ2) is 17.7. The van der Waals surface area contributed by atoms with Crippen LogP contribution in [0.15, 0.2) is 12.2 Å². The van der Waals surface area contributed by atoms with E-state index in [1.807, 2.05) is 0 Å². The number of rotatable bonds is 16. The summed E-state index contributed by atoms with van der Waals surface area (Å²) < 4.78 is 0. The standard InChI is InChI=1S/C19H39NO/c1-2-3-13-16-19(21)17-14-11-9-7-5-4-6-8-10-12-15-18-20/h9,11,19,21H,2-8,10,12-18,20H2,1H3/b11-9+. The van der Waals surface area contributed by atoms with Crippen LogP contribution in [0, 0.1) is 0 Å². The third-order valence-corrected chi connectivity index (χ3v) is 4.05. The Morgan fingerprint density at radius 1 is 0.762 bits per heavy atom. The van der Waals surface area contributed by atoms with E-state index in [9.17, 15) is 5.11 Å². The van der Waals surface area contributed by atoms with Crippen LogP contribution in [0.25, 0.3) is 0 Å². The molecule has 2 heteroatoms. The predicted octanol–water partition coefficient (Wildman–Crippen LogP) is 5.34. The van der Waals surface area contributed by atoms with Crippen LogP contribution in [0.3, 0.4) is 0 Å². The highest BCUT2D eigenvalue weighted by molar-refractivity contribution is 4.82. The number of hydrogen-bond donors (Lipinski definition) is 2. The molecule has 1 atom stereocenters. The fourth-order valence-corrected chi connectivity index (χ4v) is 2.59. The lowest BCUT2D eigenvalue weighted by Gasteiger charge is -2.07. The third-order valence-electron chi connectivity index (χ3n) is 4.05. The van der Waals surface area contributed by atoms with Gasteiger partial charge in [0.25, 0.3) is 0 Å². The molecule has 21 heavy (non-hydrogen) atoms. The Morgan fingerprint density at radius 2 is 1.38 bits per heavy atom. The summed E-state index contributed by atoms with van der Waals surface area (Å²) >= 11 is 0. The molecular formula is C19H39NO. The van der Waals surface area contributed by atoms with Crippen molar-refractivity contribution in [1.29, 1.82) is 0 Å². The number of aliphatic hydroxyl groups excluding tert-OH is 1. The maximum Gasteiger partial charge on any atom is 0.0543 e. The summed E-state index contributed by atoms with van der Waals surface area (Å²) in [6.07, 6.45) is 21.5. The largest absolute Gasteiger partial charge is 0.393 e. The van der Waals surface area contributed by atoms with Crippen molar-refractivity contribution < 1.29 is 5.11 Å². The molecule has 0 aromatic carbocycles. The van der Waals surface area contributed by atoms with Crippen LogP contribution in [0.2, 0.25) is 0 Å². The van der Waals surface area contributed by atoms with Crippen LogP contribution >= 0.6 is 0 Å².